The number of oxazole rings is 1. The van der Waals surface area contributed by atoms with Crippen LogP contribution < -0.4 is 4.74 Å². The molecule has 1 saturated carbocycles. The average Bonchev–Trinajstić information content (AvgIpc) is 3.06. The number of rotatable bonds is 8. The molecule has 1 saturated heterocycles. The summed E-state index contributed by atoms with van der Waals surface area (Å²) in [4.78, 5) is 6.56. The molecule has 7 nitrogen and oxygen atoms in total. The minimum atomic E-state index is -4.66. The van der Waals surface area contributed by atoms with E-state index in [1.807, 2.05) is 18.5 Å². The standard InChI is InChI=1S/C22H24F3N5O2S.ClH/c1-14-18(31-13-26-14)19-27-28-20(29(19)2)33-9-3-8-30-11-16-10-21(16,12-30)15-4-6-17(7-5-15)32-22(23,24)25;/h4-7,13,16H,3,8-12H2,1-2H3;1H. The highest BCUT2D eigenvalue weighted by Crippen LogP contribution is 2.59. The van der Waals surface area contributed by atoms with Crippen molar-refractivity contribution in [1.82, 2.24) is 24.6 Å². The summed E-state index contributed by atoms with van der Waals surface area (Å²) in [6, 6.07) is 6.40. The molecule has 34 heavy (non-hydrogen) atoms. The van der Waals surface area contributed by atoms with Crippen molar-refractivity contribution in [3.05, 3.63) is 41.9 Å². The van der Waals surface area contributed by atoms with Crippen LogP contribution in [0.2, 0.25) is 0 Å². The van der Waals surface area contributed by atoms with Gasteiger partial charge in [0.1, 0.15) is 5.75 Å². The van der Waals surface area contributed by atoms with Crippen molar-refractivity contribution in [3.8, 4) is 17.3 Å². The van der Waals surface area contributed by atoms with Gasteiger partial charge in [0, 0.05) is 31.3 Å². The van der Waals surface area contributed by atoms with Crippen molar-refractivity contribution in [2.45, 2.75) is 36.7 Å². The zero-order valence-corrected chi connectivity index (χ0v) is 20.3. The Bertz CT molecular complexity index is 1140. The molecule has 5 rings (SSSR count). The van der Waals surface area contributed by atoms with Crippen molar-refractivity contribution >= 4 is 24.2 Å². The molecule has 2 fully saturated rings. The Labute approximate surface area is 205 Å². The molecule has 0 N–H and O–H groups in total. The number of aromatic nitrogens is 4. The Kier molecular flexibility index (Phi) is 6.90. The molecule has 2 unspecified atom stereocenters. The second-order valence-electron chi connectivity index (χ2n) is 8.70. The van der Waals surface area contributed by atoms with Gasteiger partial charge in [0.25, 0.3) is 0 Å². The van der Waals surface area contributed by atoms with Gasteiger partial charge in [-0.3, -0.25) is 0 Å². The molecule has 3 aromatic rings. The Hall–Kier alpha value is -2.24. The zero-order chi connectivity index (χ0) is 23.2. The molecule has 2 aromatic heterocycles. The molecular weight excluding hydrogens is 491 g/mol. The number of thioether (sulfide) groups is 1. The van der Waals surface area contributed by atoms with Crippen LogP contribution in [0, 0.1) is 12.8 Å². The van der Waals surface area contributed by atoms with Crippen molar-refractivity contribution < 1.29 is 22.3 Å². The van der Waals surface area contributed by atoms with Crippen molar-refractivity contribution in [2.75, 3.05) is 25.4 Å². The van der Waals surface area contributed by atoms with Gasteiger partial charge in [-0.15, -0.1) is 35.8 Å². The molecule has 1 aromatic carbocycles. The summed E-state index contributed by atoms with van der Waals surface area (Å²) >= 11 is 1.66. The van der Waals surface area contributed by atoms with Gasteiger partial charge in [-0.1, -0.05) is 23.9 Å². The third kappa shape index (κ3) is 4.92. The number of likely N-dealkylation sites (tertiary alicyclic amines) is 1. The van der Waals surface area contributed by atoms with Crippen LogP contribution >= 0.6 is 24.2 Å². The summed E-state index contributed by atoms with van der Waals surface area (Å²) in [5.74, 6) is 2.62. The van der Waals surface area contributed by atoms with Crippen molar-refractivity contribution in [2.24, 2.45) is 13.0 Å². The Morgan fingerprint density at radius 1 is 1.24 bits per heavy atom. The number of halogens is 4. The van der Waals surface area contributed by atoms with E-state index in [4.69, 9.17) is 4.42 Å². The lowest BCUT2D eigenvalue weighted by Crippen LogP contribution is -2.28. The maximum Gasteiger partial charge on any atom is 0.573 e. The average molecular weight is 516 g/mol. The normalized spacial score (nSPS) is 21.9. The van der Waals surface area contributed by atoms with Crippen LogP contribution in [0.5, 0.6) is 5.75 Å². The largest absolute Gasteiger partial charge is 0.573 e. The monoisotopic (exact) mass is 515 g/mol. The predicted molar refractivity (Wildman–Crippen MR) is 123 cm³/mol. The lowest BCUT2D eigenvalue weighted by molar-refractivity contribution is -0.274. The first-order valence-electron chi connectivity index (χ1n) is 10.8. The Balaban J connectivity index is 0.00000274. The van der Waals surface area contributed by atoms with Gasteiger partial charge in [-0.2, -0.15) is 0 Å². The first-order valence-corrected chi connectivity index (χ1v) is 11.7. The van der Waals surface area contributed by atoms with E-state index in [0.29, 0.717) is 17.5 Å². The highest BCUT2D eigenvalue weighted by Gasteiger charge is 2.60. The molecule has 0 spiro atoms. The summed E-state index contributed by atoms with van der Waals surface area (Å²) in [5, 5.41) is 9.35. The molecule has 0 bridgehead atoms. The molecule has 184 valence electrons. The van der Waals surface area contributed by atoms with Gasteiger partial charge in [0.15, 0.2) is 17.3 Å². The van der Waals surface area contributed by atoms with Crippen molar-refractivity contribution in [1.29, 1.82) is 0 Å². The molecule has 1 aliphatic carbocycles. The third-order valence-electron chi connectivity index (χ3n) is 6.51. The molecule has 1 aliphatic heterocycles. The SMILES string of the molecule is Cc1ncoc1-c1nnc(SCCCN2CC3CC3(c3ccc(OC(F)(F)F)cc3)C2)n1C.Cl. The predicted octanol–water partition coefficient (Wildman–Crippen LogP) is 4.85. The van der Waals surface area contributed by atoms with E-state index in [-0.39, 0.29) is 23.6 Å². The zero-order valence-electron chi connectivity index (χ0n) is 18.7. The van der Waals surface area contributed by atoms with E-state index in [1.165, 1.54) is 18.5 Å². The maximum absolute atomic E-state index is 12.4. The maximum atomic E-state index is 12.4. The van der Waals surface area contributed by atoms with Crippen molar-refractivity contribution in [3.63, 3.8) is 0 Å². The van der Waals surface area contributed by atoms with Gasteiger partial charge in [-0.05, 0) is 49.9 Å². The molecule has 0 amide bonds. The fourth-order valence-corrected chi connectivity index (χ4v) is 5.63. The lowest BCUT2D eigenvalue weighted by atomic mass is 9.95. The van der Waals surface area contributed by atoms with Crippen LogP contribution in [0.4, 0.5) is 13.2 Å². The molecule has 3 heterocycles. The minimum Gasteiger partial charge on any atom is -0.440 e. The van der Waals surface area contributed by atoms with Crippen LogP contribution in [-0.2, 0) is 12.5 Å². The van der Waals surface area contributed by atoms with E-state index in [1.54, 1.807) is 23.9 Å². The van der Waals surface area contributed by atoms with Gasteiger partial charge in [-0.25, -0.2) is 4.98 Å². The van der Waals surface area contributed by atoms with E-state index in [0.717, 1.165) is 54.6 Å². The topological polar surface area (TPSA) is 69.2 Å². The molecule has 2 atom stereocenters. The number of piperidine rings is 1. The van der Waals surface area contributed by atoms with Crippen LogP contribution in [0.25, 0.3) is 11.6 Å². The molecular formula is C22H25ClF3N5O2S. The lowest BCUT2D eigenvalue weighted by Gasteiger charge is -2.21. The number of benzene rings is 1. The highest BCUT2D eigenvalue weighted by molar-refractivity contribution is 7.99. The summed E-state index contributed by atoms with van der Waals surface area (Å²) in [7, 11) is 1.92. The van der Waals surface area contributed by atoms with Gasteiger partial charge >= 0.3 is 6.36 Å². The number of ether oxygens (including phenoxy) is 1. The van der Waals surface area contributed by atoms with Crippen LogP contribution in [0.1, 0.15) is 24.1 Å². The number of aryl methyl sites for hydroxylation is 1. The second-order valence-corrected chi connectivity index (χ2v) is 9.76. The van der Waals surface area contributed by atoms with E-state index in [9.17, 15) is 13.2 Å². The van der Waals surface area contributed by atoms with Crippen LogP contribution in [-0.4, -0.2) is 56.4 Å². The summed E-state index contributed by atoms with van der Waals surface area (Å²) in [6.07, 6.45) is -1.15. The minimum absolute atomic E-state index is 0. The number of nitrogens with zero attached hydrogens (tertiary/aromatic N) is 5. The summed E-state index contributed by atoms with van der Waals surface area (Å²) in [6.45, 7) is 4.83. The van der Waals surface area contributed by atoms with E-state index >= 15 is 0 Å². The Morgan fingerprint density at radius 2 is 2.00 bits per heavy atom. The smallest absolute Gasteiger partial charge is 0.440 e. The molecule has 2 aliphatic rings. The Morgan fingerprint density at radius 3 is 2.68 bits per heavy atom. The van der Waals surface area contributed by atoms with E-state index in [2.05, 4.69) is 24.8 Å². The molecule has 0 radical (unpaired) electrons. The quantitative estimate of drug-likeness (QED) is 0.313. The summed E-state index contributed by atoms with van der Waals surface area (Å²) < 4.78 is 48.5. The van der Waals surface area contributed by atoms with Gasteiger partial charge < -0.3 is 18.6 Å². The molecule has 12 heteroatoms. The van der Waals surface area contributed by atoms with Gasteiger partial charge in [0.2, 0.25) is 5.82 Å². The number of hydrogen-bond acceptors (Lipinski definition) is 7. The number of fused-ring (bicyclic) bond motifs is 1. The number of hydrogen-bond donors (Lipinski definition) is 0. The first kappa shape index (κ1) is 24.9. The van der Waals surface area contributed by atoms with Crippen LogP contribution in [0.3, 0.4) is 0 Å². The number of alkyl halides is 3. The highest BCUT2D eigenvalue weighted by atomic mass is 35.5. The van der Waals surface area contributed by atoms with Crippen LogP contribution in [0.15, 0.2) is 40.2 Å². The first-order chi connectivity index (χ1) is 15.7. The third-order valence-corrected chi connectivity index (χ3v) is 7.62. The van der Waals surface area contributed by atoms with Gasteiger partial charge in [0.05, 0.1) is 5.69 Å². The fourth-order valence-electron chi connectivity index (χ4n) is 4.80. The summed E-state index contributed by atoms with van der Waals surface area (Å²) in [5.41, 5.74) is 1.97. The fraction of sp³-hybridized carbons (Fsp3) is 0.500. The van der Waals surface area contributed by atoms with E-state index < -0.39 is 6.36 Å². The second kappa shape index (κ2) is 9.43.